The molecule has 0 aliphatic heterocycles. The number of carbonyl (C=O) groups excluding carboxylic acids is 1. The van der Waals surface area contributed by atoms with Gasteiger partial charge in [0, 0.05) is 20.0 Å². The molecular weight excluding hydrogens is 347 g/mol. The van der Waals surface area contributed by atoms with E-state index in [1.807, 2.05) is 0 Å². The van der Waals surface area contributed by atoms with Crippen LogP contribution in [-0.2, 0) is 17.8 Å². The van der Waals surface area contributed by atoms with Crippen molar-refractivity contribution in [1.82, 2.24) is 4.90 Å². The first-order valence-corrected chi connectivity index (χ1v) is 7.99. The molecular formula is C19H20F3NO3. The SMILES string of the molecule is COc1cc(CN(C)C(=O)CCc2ccccc2F)ccc1OC(F)F. The molecule has 0 saturated carbocycles. The maximum absolute atomic E-state index is 13.6. The lowest BCUT2D eigenvalue weighted by atomic mass is 10.1. The number of hydrogen-bond acceptors (Lipinski definition) is 3. The molecule has 0 aliphatic carbocycles. The van der Waals surface area contributed by atoms with E-state index in [1.54, 1.807) is 37.4 Å². The standard InChI is InChI=1S/C19H20F3NO3/c1-23(18(24)10-8-14-5-3-4-6-15(14)20)12-13-7-9-16(26-19(21)22)17(11-13)25-2/h3-7,9,11,19H,8,10,12H2,1-2H3. The lowest BCUT2D eigenvalue weighted by molar-refractivity contribution is -0.130. The summed E-state index contributed by atoms with van der Waals surface area (Å²) in [6.45, 7) is -2.68. The zero-order valence-corrected chi connectivity index (χ0v) is 14.5. The van der Waals surface area contributed by atoms with Crippen molar-refractivity contribution in [3.05, 3.63) is 59.4 Å². The van der Waals surface area contributed by atoms with E-state index in [0.29, 0.717) is 17.5 Å². The van der Waals surface area contributed by atoms with Crippen LogP contribution in [0.3, 0.4) is 0 Å². The number of halogens is 3. The van der Waals surface area contributed by atoms with Crippen molar-refractivity contribution in [1.29, 1.82) is 0 Å². The Kier molecular flexibility index (Phi) is 6.89. The van der Waals surface area contributed by atoms with Gasteiger partial charge in [-0.25, -0.2) is 4.39 Å². The smallest absolute Gasteiger partial charge is 0.387 e. The van der Waals surface area contributed by atoms with E-state index >= 15 is 0 Å². The summed E-state index contributed by atoms with van der Waals surface area (Å²) in [5, 5.41) is 0. The van der Waals surface area contributed by atoms with E-state index < -0.39 is 6.61 Å². The average molecular weight is 367 g/mol. The average Bonchev–Trinajstić information content (AvgIpc) is 2.61. The van der Waals surface area contributed by atoms with Crippen LogP contribution in [0, 0.1) is 5.82 Å². The van der Waals surface area contributed by atoms with Gasteiger partial charge in [0.15, 0.2) is 11.5 Å². The minimum absolute atomic E-state index is 0.0696. The Balaban J connectivity index is 1.96. The highest BCUT2D eigenvalue weighted by atomic mass is 19.3. The monoisotopic (exact) mass is 367 g/mol. The van der Waals surface area contributed by atoms with E-state index in [-0.39, 0.29) is 36.2 Å². The Morgan fingerprint density at radius 2 is 1.88 bits per heavy atom. The van der Waals surface area contributed by atoms with Crippen LogP contribution in [0.15, 0.2) is 42.5 Å². The molecule has 0 saturated heterocycles. The first-order chi connectivity index (χ1) is 12.4. The maximum atomic E-state index is 13.6. The van der Waals surface area contributed by atoms with Crippen LogP contribution >= 0.6 is 0 Å². The van der Waals surface area contributed by atoms with E-state index in [9.17, 15) is 18.0 Å². The summed E-state index contributed by atoms with van der Waals surface area (Å²) in [5.41, 5.74) is 1.19. The third-order valence-electron chi connectivity index (χ3n) is 3.86. The highest BCUT2D eigenvalue weighted by Crippen LogP contribution is 2.29. The Morgan fingerprint density at radius 3 is 2.54 bits per heavy atom. The number of alkyl halides is 2. The fourth-order valence-electron chi connectivity index (χ4n) is 2.50. The minimum atomic E-state index is -2.95. The summed E-state index contributed by atoms with van der Waals surface area (Å²) in [5.74, 6) is -0.391. The molecule has 0 fully saturated rings. The molecule has 0 atom stereocenters. The summed E-state index contributed by atoms with van der Waals surface area (Å²) >= 11 is 0. The first kappa shape index (κ1) is 19.6. The van der Waals surface area contributed by atoms with Gasteiger partial charge in [-0.2, -0.15) is 8.78 Å². The third kappa shape index (κ3) is 5.40. The fourth-order valence-corrected chi connectivity index (χ4v) is 2.50. The molecule has 26 heavy (non-hydrogen) atoms. The Hall–Kier alpha value is -2.70. The second-order valence-electron chi connectivity index (χ2n) is 5.70. The van der Waals surface area contributed by atoms with Crippen molar-refractivity contribution >= 4 is 5.91 Å². The highest BCUT2D eigenvalue weighted by Gasteiger charge is 2.14. The van der Waals surface area contributed by atoms with Crippen LogP contribution < -0.4 is 9.47 Å². The molecule has 2 rings (SSSR count). The molecule has 7 heteroatoms. The van der Waals surface area contributed by atoms with Crippen LogP contribution in [0.2, 0.25) is 0 Å². The lowest BCUT2D eigenvalue weighted by Gasteiger charge is -2.18. The number of ether oxygens (including phenoxy) is 2. The van der Waals surface area contributed by atoms with Crippen LogP contribution in [0.25, 0.3) is 0 Å². The maximum Gasteiger partial charge on any atom is 0.387 e. The molecule has 0 aromatic heterocycles. The second-order valence-corrected chi connectivity index (χ2v) is 5.70. The topological polar surface area (TPSA) is 38.8 Å². The van der Waals surface area contributed by atoms with Gasteiger partial charge in [-0.15, -0.1) is 0 Å². The lowest BCUT2D eigenvalue weighted by Crippen LogP contribution is -2.26. The normalized spacial score (nSPS) is 10.7. The predicted octanol–water partition coefficient (Wildman–Crippen LogP) is 4.03. The molecule has 0 unspecified atom stereocenters. The number of hydrogen-bond donors (Lipinski definition) is 0. The van der Waals surface area contributed by atoms with Crippen molar-refractivity contribution in [2.45, 2.75) is 26.0 Å². The number of methoxy groups -OCH3 is 1. The van der Waals surface area contributed by atoms with E-state index in [2.05, 4.69) is 4.74 Å². The van der Waals surface area contributed by atoms with Crippen LogP contribution in [0.1, 0.15) is 17.5 Å². The van der Waals surface area contributed by atoms with Crippen molar-refractivity contribution in [2.75, 3.05) is 14.2 Å². The molecule has 1 amide bonds. The molecule has 0 heterocycles. The van der Waals surface area contributed by atoms with E-state index in [0.717, 1.165) is 0 Å². The minimum Gasteiger partial charge on any atom is -0.493 e. The van der Waals surface area contributed by atoms with Gasteiger partial charge in [0.1, 0.15) is 5.82 Å². The fraction of sp³-hybridized carbons (Fsp3) is 0.316. The zero-order chi connectivity index (χ0) is 19.1. The molecule has 4 nitrogen and oxygen atoms in total. The summed E-state index contributed by atoms with van der Waals surface area (Å²) in [6.07, 6.45) is 0.474. The first-order valence-electron chi connectivity index (χ1n) is 7.99. The number of benzene rings is 2. The summed E-state index contributed by atoms with van der Waals surface area (Å²) in [7, 11) is 2.97. The summed E-state index contributed by atoms with van der Waals surface area (Å²) in [4.78, 5) is 13.7. The predicted molar refractivity (Wildman–Crippen MR) is 90.8 cm³/mol. The number of nitrogens with zero attached hydrogens (tertiary/aromatic N) is 1. The van der Waals surface area contributed by atoms with Gasteiger partial charge in [0.05, 0.1) is 7.11 Å². The van der Waals surface area contributed by atoms with Crippen LogP contribution in [0.4, 0.5) is 13.2 Å². The number of amides is 1. The molecule has 0 spiro atoms. The number of rotatable bonds is 8. The van der Waals surface area contributed by atoms with Gasteiger partial charge >= 0.3 is 6.61 Å². The van der Waals surface area contributed by atoms with Crippen molar-refractivity contribution in [3.63, 3.8) is 0 Å². The van der Waals surface area contributed by atoms with Crippen LogP contribution in [-0.4, -0.2) is 31.6 Å². The number of aryl methyl sites for hydroxylation is 1. The van der Waals surface area contributed by atoms with Crippen molar-refractivity contribution < 1.29 is 27.4 Å². The van der Waals surface area contributed by atoms with Crippen molar-refractivity contribution in [3.8, 4) is 11.5 Å². The third-order valence-corrected chi connectivity index (χ3v) is 3.86. The molecule has 0 N–H and O–H groups in total. The second kappa shape index (κ2) is 9.12. The zero-order valence-electron chi connectivity index (χ0n) is 14.5. The number of carbonyl (C=O) groups is 1. The molecule has 0 bridgehead atoms. The van der Waals surface area contributed by atoms with Gasteiger partial charge < -0.3 is 14.4 Å². The Bertz CT molecular complexity index is 753. The van der Waals surface area contributed by atoms with Gasteiger partial charge in [-0.3, -0.25) is 4.79 Å². The van der Waals surface area contributed by atoms with Crippen molar-refractivity contribution in [2.24, 2.45) is 0 Å². The van der Waals surface area contributed by atoms with E-state index in [1.165, 1.54) is 24.1 Å². The highest BCUT2D eigenvalue weighted by molar-refractivity contribution is 5.76. The van der Waals surface area contributed by atoms with Gasteiger partial charge in [0.25, 0.3) is 0 Å². The summed E-state index contributed by atoms with van der Waals surface area (Å²) in [6, 6.07) is 10.8. The quantitative estimate of drug-likeness (QED) is 0.707. The molecule has 2 aromatic carbocycles. The van der Waals surface area contributed by atoms with Crippen LogP contribution in [0.5, 0.6) is 11.5 Å². The Labute approximate surface area is 150 Å². The van der Waals surface area contributed by atoms with Gasteiger partial charge in [-0.1, -0.05) is 24.3 Å². The van der Waals surface area contributed by atoms with Gasteiger partial charge in [0.2, 0.25) is 5.91 Å². The molecule has 0 radical (unpaired) electrons. The molecule has 0 aliphatic rings. The van der Waals surface area contributed by atoms with E-state index in [4.69, 9.17) is 4.74 Å². The molecule has 140 valence electrons. The largest absolute Gasteiger partial charge is 0.493 e. The summed E-state index contributed by atoms with van der Waals surface area (Å²) < 4.78 is 47.7. The van der Waals surface area contributed by atoms with Gasteiger partial charge in [-0.05, 0) is 35.7 Å². The molecule has 2 aromatic rings. The Morgan fingerprint density at radius 1 is 1.15 bits per heavy atom.